The SMILES string of the molecule is N#CCCN(C(=O)NC(C(=O)O)C1CC1)c1ccccc1. The second kappa shape index (κ2) is 6.75. The maximum absolute atomic E-state index is 12.3. The predicted molar refractivity (Wildman–Crippen MR) is 76.7 cm³/mol. The maximum Gasteiger partial charge on any atom is 0.326 e. The summed E-state index contributed by atoms with van der Waals surface area (Å²) in [6, 6.07) is 9.58. The van der Waals surface area contributed by atoms with Crippen molar-refractivity contribution in [3.05, 3.63) is 30.3 Å². The Bertz CT molecular complexity index is 549. The van der Waals surface area contributed by atoms with Gasteiger partial charge in [0.05, 0.1) is 12.5 Å². The third kappa shape index (κ3) is 3.96. The molecule has 6 heteroatoms. The number of hydrogen-bond acceptors (Lipinski definition) is 3. The minimum Gasteiger partial charge on any atom is -0.480 e. The summed E-state index contributed by atoms with van der Waals surface area (Å²) in [6.45, 7) is 0.226. The Morgan fingerprint density at radius 2 is 2.05 bits per heavy atom. The first kappa shape index (κ1) is 14.9. The molecular formula is C15H17N3O3. The highest BCUT2D eigenvalue weighted by Gasteiger charge is 2.38. The van der Waals surface area contributed by atoms with E-state index in [1.165, 1.54) is 4.90 Å². The summed E-state index contributed by atoms with van der Waals surface area (Å²) < 4.78 is 0. The highest BCUT2D eigenvalue weighted by molar-refractivity contribution is 5.94. The van der Waals surface area contributed by atoms with Gasteiger partial charge >= 0.3 is 12.0 Å². The summed E-state index contributed by atoms with van der Waals surface area (Å²) in [5, 5.41) is 20.4. The van der Waals surface area contributed by atoms with E-state index in [4.69, 9.17) is 5.26 Å². The van der Waals surface area contributed by atoms with Gasteiger partial charge in [0.25, 0.3) is 0 Å². The van der Waals surface area contributed by atoms with Crippen LogP contribution in [0.3, 0.4) is 0 Å². The number of anilines is 1. The van der Waals surface area contributed by atoms with Crippen LogP contribution in [0.1, 0.15) is 19.3 Å². The number of benzene rings is 1. The van der Waals surface area contributed by atoms with Crippen LogP contribution in [0.15, 0.2) is 30.3 Å². The van der Waals surface area contributed by atoms with Crippen LogP contribution in [-0.4, -0.2) is 29.7 Å². The molecule has 1 unspecified atom stereocenters. The first-order valence-electron chi connectivity index (χ1n) is 6.86. The average Bonchev–Trinajstić information content (AvgIpc) is 3.30. The summed E-state index contributed by atoms with van der Waals surface area (Å²) in [6.07, 6.45) is 1.82. The van der Waals surface area contributed by atoms with Crippen LogP contribution in [-0.2, 0) is 4.79 Å². The topological polar surface area (TPSA) is 93.4 Å². The molecule has 0 saturated heterocycles. The van der Waals surface area contributed by atoms with E-state index in [2.05, 4.69) is 5.32 Å². The first-order valence-corrected chi connectivity index (χ1v) is 6.86. The molecule has 110 valence electrons. The number of rotatable bonds is 6. The van der Waals surface area contributed by atoms with Crippen molar-refractivity contribution in [1.82, 2.24) is 5.32 Å². The zero-order chi connectivity index (χ0) is 15.2. The molecule has 0 spiro atoms. The standard InChI is InChI=1S/C15H17N3O3/c16-9-4-10-18(12-5-2-1-3-6-12)15(21)17-13(14(19)20)11-7-8-11/h1-3,5-6,11,13H,4,7-8,10H2,(H,17,21)(H,19,20). The Morgan fingerprint density at radius 1 is 1.38 bits per heavy atom. The van der Waals surface area contributed by atoms with Gasteiger partial charge in [-0.1, -0.05) is 18.2 Å². The molecule has 0 heterocycles. The van der Waals surface area contributed by atoms with Gasteiger partial charge in [0.2, 0.25) is 0 Å². The highest BCUT2D eigenvalue weighted by atomic mass is 16.4. The Kier molecular flexibility index (Phi) is 4.77. The van der Waals surface area contributed by atoms with Crippen LogP contribution in [0.25, 0.3) is 0 Å². The number of carbonyl (C=O) groups is 2. The number of aliphatic carboxylic acids is 1. The predicted octanol–water partition coefficient (Wildman–Crippen LogP) is 1.98. The van der Waals surface area contributed by atoms with Crippen molar-refractivity contribution in [1.29, 1.82) is 5.26 Å². The van der Waals surface area contributed by atoms with Gasteiger partial charge in [-0.15, -0.1) is 0 Å². The highest BCUT2D eigenvalue weighted by Crippen LogP contribution is 2.33. The van der Waals surface area contributed by atoms with Crippen molar-refractivity contribution >= 4 is 17.7 Å². The van der Waals surface area contributed by atoms with Gasteiger partial charge in [-0.3, -0.25) is 4.90 Å². The molecule has 1 aliphatic rings. The van der Waals surface area contributed by atoms with Crippen molar-refractivity contribution in [2.45, 2.75) is 25.3 Å². The Balaban J connectivity index is 2.10. The van der Waals surface area contributed by atoms with Crippen molar-refractivity contribution in [3.8, 4) is 6.07 Å². The van der Waals surface area contributed by atoms with E-state index in [9.17, 15) is 14.7 Å². The summed E-state index contributed by atoms with van der Waals surface area (Å²) in [5.74, 6) is -1.00. The molecule has 2 N–H and O–H groups in total. The summed E-state index contributed by atoms with van der Waals surface area (Å²) in [4.78, 5) is 24.9. The number of hydrogen-bond donors (Lipinski definition) is 2. The molecule has 2 amide bonds. The number of carboxylic acids is 1. The Labute approximate surface area is 123 Å². The van der Waals surface area contributed by atoms with Gasteiger partial charge in [-0.25, -0.2) is 9.59 Å². The van der Waals surface area contributed by atoms with Crippen molar-refractivity contribution in [2.24, 2.45) is 5.92 Å². The quantitative estimate of drug-likeness (QED) is 0.836. The van der Waals surface area contributed by atoms with Gasteiger partial charge in [-0.05, 0) is 30.9 Å². The maximum atomic E-state index is 12.3. The number of urea groups is 1. The molecule has 1 fully saturated rings. The van der Waals surface area contributed by atoms with Crippen LogP contribution in [0.5, 0.6) is 0 Å². The van der Waals surface area contributed by atoms with Gasteiger partial charge < -0.3 is 10.4 Å². The smallest absolute Gasteiger partial charge is 0.326 e. The molecule has 2 rings (SSSR count). The average molecular weight is 287 g/mol. The molecule has 21 heavy (non-hydrogen) atoms. The fourth-order valence-electron chi connectivity index (χ4n) is 2.14. The van der Waals surface area contributed by atoms with E-state index in [0.717, 1.165) is 12.8 Å². The molecule has 1 atom stereocenters. The molecule has 1 aromatic carbocycles. The lowest BCUT2D eigenvalue weighted by molar-refractivity contribution is -0.139. The van der Waals surface area contributed by atoms with Crippen LogP contribution in [0.2, 0.25) is 0 Å². The molecule has 1 aromatic rings. The number of carbonyl (C=O) groups excluding carboxylic acids is 1. The van der Waals surface area contributed by atoms with Crippen molar-refractivity contribution in [2.75, 3.05) is 11.4 Å². The number of nitrogens with zero attached hydrogens (tertiary/aromatic N) is 2. The largest absolute Gasteiger partial charge is 0.480 e. The first-order chi connectivity index (χ1) is 10.1. The lowest BCUT2D eigenvalue weighted by Crippen LogP contribution is -2.49. The molecule has 0 radical (unpaired) electrons. The van der Waals surface area contributed by atoms with E-state index >= 15 is 0 Å². The molecule has 6 nitrogen and oxygen atoms in total. The van der Waals surface area contributed by atoms with E-state index in [0.29, 0.717) is 5.69 Å². The fraction of sp³-hybridized carbons (Fsp3) is 0.400. The summed E-state index contributed by atoms with van der Waals surface area (Å²) in [7, 11) is 0. The monoisotopic (exact) mass is 287 g/mol. The zero-order valence-corrected chi connectivity index (χ0v) is 11.5. The number of nitriles is 1. The van der Waals surface area contributed by atoms with Crippen LogP contribution in [0.4, 0.5) is 10.5 Å². The van der Waals surface area contributed by atoms with E-state index in [-0.39, 0.29) is 18.9 Å². The van der Waals surface area contributed by atoms with Gasteiger partial charge in [0.15, 0.2) is 0 Å². The second-order valence-electron chi connectivity index (χ2n) is 5.00. The minimum absolute atomic E-state index is 0.0139. The normalized spacial score (nSPS) is 14.8. The molecule has 1 aliphatic carbocycles. The Hall–Kier alpha value is -2.55. The number of nitrogens with one attached hydrogen (secondary N) is 1. The lowest BCUT2D eigenvalue weighted by Gasteiger charge is -2.24. The van der Waals surface area contributed by atoms with Crippen LogP contribution < -0.4 is 10.2 Å². The third-order valence-corrected chi connectivity index (χ3v) is 3.40. The summed E-state index contributed by atoms with van der Waals surface area (Å²) in [5.41, 5.74) is 0.644. The molecule has 1 saturated carbocycles. The Morgan fingerprint density at radius 3 is 2.57 bits per heavy atom. The van der Waals surface area contributed by atoms with Crippen LogP contribution in [0, 0.1) is 17.2 Å². The van der Waals surface area contributed by atoms with Gasteiger partial charge in [-0.2, -0.15) is 5.26 Å². The van der Waals surface area contributed by atoms with E-state index in [1.807, 2.05) is 12.1 Å². The summed E-state index contributed by atoms with van der Waals surface area (Å²) >= 11 is 0. The van der Waals surface area contributed by atoms with Crippen LogP contribution >= 0.6 is 0 Å². The third-order valence-electron chi connectivity index (χ3n) is 3.40. The number of para-hydroxylation sites is 1. The van der Waals surface area contributed by atoms with Gasteiger partial charge in [0, 0.05) is 12.2 Å². The fourth-order valence-corrected chi connectivity index (χ4v) is 2.14. The molecular weight excluding hydrogens is 270 g/mol. The van der Waals surface area contributed by atoms with E-state index in [1.54, 1.807) is 24.3 Å². The van der Waals surface area contributed by atoms with E-state index < -0.39 is 18.0 Å². The lowest BCUT2D eigenvalue weighted by atomic mass is 10.2. The zero-order valence-electron chi connectivity index (χ0n) is 11.5. The number of carboxylic acid groups (broad SMARTS) is 1. The molecule has 0 bridgehead atoms. The number of amides is 2. The minimum atomic E-state index is -1.01. The molecule has 0 aromatic heterocycles. The van der Waals surface area contributed by atoms with Gasteiger partial charge in [0.1, 0.15) is 6.04 Å². The van der Waals surface area contributed by atoms with Crippen molar-refractivity contribution in [3.63, 3.8) is 0 Å². The second-order valence-corrected chi connectivity index (χ2v) is 5.00. The molecule has 0 aliphatic heterocycles. The van der Waals surface area contributed by atoms with Crippen molar-refractivity contribution < 1.29 is 14.7 Å².